The molecule has 4 aromatic rings. The molecule has 9 heteroatoms. The topological polar surface area (TPSA) is 81.7 Å². The number of aromatic nitrogens is 1. The van der Waals surface area contributed by atoms with Crippen molar-refractivity contribution in [1.29, 1.82) is 0 Å². The minimum Gasteiger partial charge on any atom is -0.493 e. The second-order valence-electron chi connectivity index (χ2n) is 7.88. The highest BCUT2D eigenvalue weighted by Crippen LogP contribution is 2.38. The first-order valence-corrected chi connectivity index (χ1v) is 11.8. The predicted octanol–water partition coefficient (Wildman–Crippen LogP) is 6.44. The van der Waals surface area contributed by atoms with Crippen LogP contribution in [-0.4, -0.2) is 30.2 Å². The number of thiocarbonyl (C=S) groups is 1. The number of pyridine rings is 1. The third kappa shape index (κ3) is 5.19. The van der Waals surface area contributed by atoms with E-state index in [-0.39, 0.29) is 11.0 Å². The summed E-state index contributed by atoms with van der Waals surface area (Å²) >= 11 is 11.5. The number of halogens is 1. The zero-order chi connectivity index (χ0) is 25.8. The Balaban J connectivity index is 1.55. The highest BCUT2D eigenvalue weighted by atomic mass is 35.5. The maximum absolute atomic E-state index is 12.5. The lowest BCUT2D eigenvalue weighted by molar-refractivity contribution is 0.0978. The zero-order valence-corrected chi connectivity index (χ0v) is 21.7. The Kier molecular flexibility index (Phi) is 7.57. The Morgan fingerprint density at radius 1 is 0.917 bits per heavy atom. The minimum atomic E-state index is -0.385. The van der Waals surface area contributed by atoms with Crippen LogP contribution in [0.15, 0.2) is 60.8 Å². The van der Waals surface area contributed by atoms with Crippen molar-refractivity contribution in [2.75, 3.05) is 19.5 Å². The van der Waals surface area contributed by atoms with Crippen LogP contribution in [0, 0.1) is 13.8 Å². The van der Waals surface area contributed by atoms with Gasteiger partial charge in [0.15, 0.2) is 16.6 Å². The van der Waals surface area contributed by atoms with Crippen molar-refractivity contribution in [2.45, 2.75) is 13.8 Å². The Morgan fingerprint density at radius 2 is 1.64 bits per heavy atom. The Morgan fingerprint density at radius 3 is 2.36 bits per heavy atom. The van der Waals surface area contributed by atoms with E-state index in [2.05, 4.69) is 15.6 Å². The third-order valence-corrected chi connectivity index (χ3v) is 6.29. The highest BCUT2D eigenvalue weighted by molar-refractivity contribution is 7.80. The van der Waals surface area contributed by atoms with Crippen molar-refractivity contribution in [3.05, 3.63) is 82.5 Å². The molecule has 4 rings (SSSR count). The smallest absolute Gasteiger partial charge is 0.258 e. The number of rotatable bonds is 6. The molecule has 1 aromatic heterocycles. The van der Waals surface area contributed by atoms with Crippen molar-refractivity contribution in [3.8, 4) is 23.0 Å². The van der Waals surface area contributed by atoms with Gasteiger partial charge in [-0.15, -0.1) is 0 Å². The molecular formula is C27H24ClN3O4S. The van der Waals surface area contributed by atoms with E-state index in [9.17, 15) is 4.79 Å². The summed E-state index contributed by atoms with van der Waals surface area (Å²) in [6.45, 7) is 3.90. The van der Waals surface area contributed by atoms with Crippen LogP contribution < -0.4 is 24.8 Å². The molecule has 0 spiro atoms. The summed E-state index contributed by atoms with van der Waals surface area (Å²) in [5.74, 6) is 2.10. The van der Waals surface area contributed by atoms with Gasteiger partial charge in [-0.25, -0.2) is 0 Å². The lowest BCUT2D eigenvalue weighted by Crippen LogP contribution is -2.34. The van der Waals surface area contributed by atoms with E-state index in [0.29, 0.717) is 33.6 Å². The van der Waals surface area contributed by atoms with Crippen molar-refractivity contribution in [3.63, 3.8) is 0 Å². The summed E-state index contributed by atoms with van der Waals surface area (Å²) in [4.78, 5) is 16.9. The number of carbonyl (C=O) groups excluding carboxylic acids is 1. The maximum atomic E-state index is 12.5. The monoisotopic (exact) mass is 521 g/mol. The van der Waals surface area contributed by atoms with E-state index in [1.165, 1.54) is 0 Å². The molecule has 1 amide bonds. The largest absolute Gasteiger partial charge is 0.493 e. The molecular weight excluding hydrogens is 498 g/mol. The second-order valence-corrected chi connectivity index (χ2v) is 8.70. The quantitative estimate of drug-likeness (QED) is 0.282. The van der Waals surface area contributed by atoms with Crippen LogP contribution in [0.2, 0.25) is 5.02 Å². The van der Waals surface area contributed by atoms with Crippen LogP contribution in [0.25, 0.3) is 10.9 Å². The van der Waals surface area contributed by atoms with Crippen LogP contribution in [0.3, 0.4) is 0 Å². The second kappa shape index (κ2) is 10.8. The summed E-state index contributed by atoms with van der Waals surface area (Å²) in [7, 11) is 3.17. The van der Waals surface area contributed by atoms with Crippen molar-refractivity contribution in [2.24, 2.45) is 0 Å². The molecule has 0 fully saturated rings. The van der Waals surface area contributed by atoms with Crippen molar-refractivity contribution < 1.29 is 19.0 Å². The van der Waals surface area contributed by atoms with Crippen LogP contribution >= 0.6 is 23.8 Å². The van der Waals surface area contributed by atoms with E-state index >= 15 is 0 Å². The number of methoxy groups -OCH3 is 2. The summed E-state index contributed by atoms with van der Waals surface area (Å²) < 4.78 is 17.1. The fourth-order valence-corrected chi connectivity index (χ4v) is 4.09. The molecule has 1 heterocycles. The molecule has 0 saturated carbocycles. The van der Waals surface area contributed by atoms with Gasteiger partial charge in [0.25, 0.3) is 5.91 Å². The summed E-state index contributed by atoms with van der Waals surface area (Å²) in [6.07, 6.45) is 1.68. The summed E-state index contributed by atoms with van der Waals surface area (Å²) in [6, 6.07) is 15.9. The molecule has 7 nitrogen and oxygen atoms in total. The molecule has 0 atom stereocenters. The molecule has 0 bridgehead atoms. The molecule has 0 radical (unpaired) electrons. The molecule has 0 aliphatic carbocycles. The van der Waals surface area contributed by atoms with Crippen LogP contribution in [0.1, 0.15) is 21.5 Å². The molecule has 184 valence electrons. The number of anilines is 1. The van der Waals surface area contributed by atoms with Gasteiger partial charge >= 0.3 is 0 Å². The average Bonchev–Trinajstić information content (AvgIpc) is 2.87. The highest BCUT2D eigenvalue weighted by Gasteiger charge is 2.15. The van der Waals surface area contributed by atoms with Gasteiger partial charge in [0.05, 0.1) is 30.3 Å². The minimum absolute atomic E-state index is 0.164. The SMILES string of the molecule is COc1cc2nccc(Oc3ccc(NC(=S)NC(=O)c4ccccc4Cl)c(C)c3C)c2cc1OC. The van der Waals surface area contributed by atoms with Gasteiger partial charge in [0, 0.05) is 23.3 Å². The Bertz CT molecular complexity index is 1480. The molecule has 0 unspecified atom stereocenters. The zero-order valence-electron chi connectivity index (χ0n) is 20.1. The van der Waals surface area contributed by atoms with Gasteiger partial charge in [-0.05, 0) is 73.6 Å². The number of nitrogens with zero attached hydrogens (tertiary/aromatic N) is 1. The van der Waals surface area contributed by atoms with E-state index in [1.54, 1.807) is 50.7 Å². The first-order valence-electron chi connectivity index (χ1n) is 11.0. The Labute approximate surface area is 219 Å². The van der Waals surface area contributed by atoms with Crippen LogP contribution in [0.4, 0.5) is 5.69 Å². The molecule has 0 aliphatic heterocycles. The number of nitrogens with one attached hydrogen (secondary N) is 2. The van der Waals surface area contributed by atoms with E-state index in [0.717, 1.165) is 27.7 Å². The van der Waals surface area contributed by atoms with Gasteiger partial charge in [-0.2, -0.15) is 0 Å². The van der Waals surface area contributed by atoms with Gasteiger partial charge in [-0.3, -0.25) is 15.1 Å². The van der Waals surface area contributed by atoms with Crippen LogP contribution in [0.5, 0.6) is 23.0 Å². The predicted molar refractivity (Wildman–Crippen MR) is 146 cm³/mol. The molecule has 0 saturated heterocycles. The van der Waals surface area contributed by atoms with Crippen molar-refractivity contribution >= 4 is 51.4 Å². The fourth-order valence-electron chi connectivity index (χ4n) is 3.67. The lowest BCUT2D eigenvalue weighted by atomic mass is 10.1. The number of hydrogen-bond acceptors (Lipinski definition) is 6. The molecule has 3 aromatic carbocycles. The number of benzene rings is 3. The average molecular weight is 522 g/mol. The van der Waals surface area contributed by atoms with Crippen molar-refractivity contribution in [1.82, 2.24) is 10.3 Å². The van der Waals surface area contributed by atoms with Gasteiger partial charge in [0.2, 0.25) is 0 Å². The van der Waals surface area contributed by atoms with E-state index < -0.39 is 0 Å². The fraction of sp³-hybridized carbons (Fsp3) is 0.148. The third-order valence-electron chi connectivity index (χ3n) is 5.76. The summed E-state index contributed by atoms with van der Waals surface area (Å²) in [5.41, 5.74) is 3.64. The number of amides is 1. The normalized spacial score (nSPS) is 10.6. The van der Waals surface area contributed by atoms with Gasteiger partial charge in [0.1, 0.15) is 11.5 Å². The van der Waals surface area contributed by atoms with E-state index in [4.69, 9.17) is 38.0 Å². The van der Waals surface area contributed by atoms with Crippen LogP contribution in [-0.2, 0) is 0 Å². The molecule has 2 N–H and O–H groups in total. The standard InChI is InChI=1S/C27H24ClN3O4S/c1-15-16(2)22(35-23-11-12-29-21-14-25(34-4)24(33-3)13-18(21)23)10-9-20(15)30-27(36)31-26(32)17-7-5-6-8-19(17)28/h5-14H,1-4H3,(H2,30,31,32,36). The number of ether oxygens (including phenoxy) is 3. The molecule has 0 aliphatic rings. The number of hydrogen-bond donors (Lipinski definition) is 2. The van der Waals surface area contributed by atoms with E-state index in [1.807, 2.05) is 38.1 Å². The van der Waals surface area contributed by atoms with Gasteiger partial charge < -0.3 is 19.5 Å². The summed E-state index contributed by atoms with van der Waals surface area (Å²) in [5, 5.41) is 7.05. The number of fused-ring (bicyclic) bond motifs is 1. The first-order chi connectivity index (χ1) is 17.3. The number of carbonyl (C=O) groups is 1. The maximum Gasteiger partial charge on any atom is 0.258 e. The Hall–Kier alpha value is -3.88. The first kappa shape index (κ1) is 25.2. The lowest BCUT2D eigenvalue weighted by Gasteiger charge is -2.17. The van der Waals surface area contributed by atoms with Gasteiger partial charge in [-0.1, -0.05) is 23.7 Å². The molecule has 36 heavy (non-hydrogen) atoms.